The zero-order valence-electron chi connectivity index (χ0n) is 12.0. The van der Waals surface area contributed by atoms with E-state index in [1.165, 1.54) is 12.1 Å². The van der Waals surface area contributed by atoms with E-state index in [9.17, 15) is 20.2 Å². The molecule has 0 aromatic heterocycles. The molecular formula is C18H13NO4. The summed E-state index contributed by atoms with van der Waals surface area (Å²) in [4.78, 5) is 10.8. The highest BCUT2D eigenvalue weighted by Crippen LogP contribution is 2.44. The second kappa shape index (κ2) is 5.81. The van der Waals surface area contributed by atoms with Crippen molar-refractivity contribution in [3.8, 4) is 39.5 Å². The fourth-order valence-corrected chi connectivity index (χ4v) is 2.52. The summed E-state index contributed by atoms with van der Waals surface area (Å²) in [5.74, 6) is -0.705. The molecule has 114 valence electrons. The van der Waals surface area contributed by atoms with Crippen LogP contribution in [0, 0.1) is 4.91 Å². The van der Waals surface area contributed by atoms with Gasteiger partial charge in [0.2, 0.25) is 0 Å². The average Bonchev–Trinajstić information content (AvgIpc) is 2.58. The van der Waals surface area contributed by atoms with Gasteiger partial charge in [-0.2, -0.15) is 0 Å². The molecule has 3 aromatic carbocycles. The Balaban J connectivity index is 2.28. The summed E-state index contributed by atoms with van der Waals surface area (Å²) >= 11 is 0. The Bertz CT molecular complexity index is 890. The Morgan fingerprint density at radius 1 is 0.609 bits per heavy atom. The fourth-order valence-electron chi connectivity index (χ4n) is 2.52. The Morgan fingerprint density at radius 3 is 1.74 bits per heavy atom. The van der Waals surface area contributed by atoms with Gasteiger partial charge in [0, 0.05) is 11.1 Å². The third kappa shape index (κ3) is 2.48. The third-order valence-electron chi connectivity index (χ3n) is 3.64. The second-order valence-electron chi connectivity index (χ2n) is 4.98. The number of hydrogen-bond acceptors (Lipinski definition) is 5. The molecule has 0 aliphatic heterocycles. The summed E-state index contributed by atoms with van der Waals surface area (Å²) in [7, 11) is 0. The van der Waals surface area contributed by atoms with E-state index in [1.807, 2.05) is 0 Å². The van der Waals surface area contributed by atoms with E-state index in [0.717, 1.165) is 0 Å². The Hall–Kier alpha value is -3.34. The smallest absolute Gasteiger partial charge is 0.165 e. The topological polar surface area (TPSA) is 90.1 Å². The van der Waals surface area contributed by atoms with Crippen molar-refractivity contribution in [2.75, 3.05) is 0 Å². The Morgan fingerprint density at radius 2 is 1.13 bits per heavy atom. The van der Waals surface area contributed by atoms with Crippen LogP contribution in [0.3, 0.4) is 0 Å². The lowest BCUT2D eigenvalue weighted by atomic mass is 9.93. The van der Waals surface area contributed by atoms with E-state index in [2.05, 4.69) is 5.18 Å². The lowest BCUT2D eigenvalue weighted by Gasteiger charge is -2.13. The maximum absolute atomic E-state index is 10.8. The molecule has 0 atom stereocenters. The molecule has 0 saturated heterocycles. The number of nitrogens with zero attached hydrogens (tertiary/aromatic N) is 1. The lowest BCUT2D eigenvalue weighted by Crippen LogP contribution is -1.87. The van der Waals surface area contributed by atoms with E-state index >= 15 is 0 Å². The standard InChI is InChI=1S/C18H13NO4/c20-16-10-4-8-14(18(16)22)12-6-2-1-5-11(12)13-7-3-9-15(19-23)17(13)21/h1-10,20-22H. The highest BCUT2D eigenvalue weighted by atomic mass is 16.3. The number of phenolic OH excluding ortho intramolecular Hbond substituents is 3. The lowest BCUT2D eigenvalue weighted by molar-refractivity contribution is 0.405. The third-order valence-corrected chi connectivity index (χ3v) is 3.64. The van der Waals surface area contributed by atoms with Gasteiger partial charge in [-0.05, 0) is 28.4 Å². The molecule has 23 heavy (non-hydrogen) atoms. The van der Waals surface area contributed by atoms with Gasteiger partial charge in [0.1, 0.15) is 5.69 Å². The number of hydrogen-bond donors (Lipinski definition) is 3. The van der Waals surface area contributed by atoms with E-state index in [4.69, 9.17) is 0 Å². The van der Waals surface area contributed by atoms with Crippen molar-refractivity contribution in [1.29, 1.82) is 0 Å². The molecule has 0 aliphatic rings. The monoisotopic (exact) mass is 307 g/mol. The molecule has 0 fully saturated rings. The highest BCUT2D eigenvalue weighted by Gasteiger charge is 2.16. The fraction of sp³-hybridized carbons (Fsp3) is 0. The average molecular weight is 307 g/mol. The molecule has 3 aromatic rings. The zero-order chi connectivity index (χ0) is 16.4. The van der Waals surface area contributed by atoms with Crippen molar-refractivity contribution in [2.24, 2.45) is 5.18 Å². The van der Waals surface area contributed by atoms with E-state index in [-0.39, 0.29) is 22.9 Å². The van der Waals surface area contributed by atoms with Crippen LogP contribution >= 0.6 is 0 Å². The summed E-state index contributed by atoms with van der Waals surface area (Å²) in [6.07, 6.45) is 0. The molecule has 0 amide bonds. The van der Waals surface area contributed by atoms with Crippen molar-refractivity contribution in [3.05, 3.63) is 65.6 Å². The molecule has 5 heteroatoms. The van der Waals surface area contributed by atoms with Crippen molar-refractivity contribution in [3.63, 3.8) is 0 Å². The second-order valence-corrected chi connectivity index (χ2v) is 4.98. The molecule has 0 saturated carbocycles. The molecule has 3 rings (SSSR count). The Kier molecular flexibility index (Phi) is 3.68. The first kappa shape index (κ1) is 14.6. The maximum Gasteiger partial charge on any atom is 0.165 e. The van der Waals surface area contributed by atoms with Crippen LogP contribution in [0.2, 0.25) is 0 Å². The largest absolute Gasteiger partial charge is 0.505 e. The first-order valence-electron chi connectivity index (χ1n) is 6.89. The van der Waals surface area contributed by atoms with Gasteiger partial charge >= 0.3 is 0 Å². The zero-order valence-corrected chi connectivity index (χ0v) is 12.0. The van der Waals surface area contributed by atoms with Crippen LogP contribution in [0.1, 0.15) is 0 Å². The first-order chi connectivity index (χ1) is 11.1. The van der Waals surface area contributed by atoms with Gasteiger partial charge < -0.3 is 15.3 Å². The molecule has 0 spiro atoms. The van der Waals surface area contributed by atoms with Crippen LogP contribution in [-0.2, 0) is 0 Å². The molecule has 0 heterocycles. The van der Waals surface area contributed by atoms with Crippen LogP contribution < -0.4 is 0 Å². The van der Waals surface area contributed by atoms with Gasteiger partial charge in [-0.25, -0.2) is 0 Å². The summed E-state index contributed by atoms with van der Waals surface area (Å²) < 4.78 is 0. The van der Waals surface area contributed by atoms with Crippen LogP contribution in [0.25, 0.3) is 22.3 Å². The summed E-state index contributed by atoms with van der Waals surface area (Å²) in [6, 6.07) is 16.4. The first-order valence-corrected chi connectivity index (χ1v) is 6.89. The van der Waals surface area contributed by atoms with Gasteiger partial charge in [-0.1, -0.05) is 48.5 Å². The van der Waals surface area contributed by atoms with Gasteiger partial charge in [0.25, 0.3) is 0 Å². The van der Waals surface area contributed by atoms with Gasteiger partial charge in [-0.3, -0.25) is 0 Å². The minimum atomic E-state index is -0.246. The Labute approximate surface area is 132 Å². The van der Waals surface area contributed by atoms with Crippen LogP contribution in [0.15, 0.2) is 65.8 Å². The number of para-hydroxylation sites is 2. The van der Waals surface area contributed by atoms with Gasteiger partial charge in [0.15, 0.2) is 17.2 Å². The summed E-state index contributed by atoms with van der Waals surface area (Å²) in [5.41, 5.74) is 2.00. The van der Waals surface area contributed by atoms with E-state index in [1.54, 1.807) is 48.5 Å². The number of rotatable bonds is 3. The van der Waals surface area contributed by atoms with Crippen LogP contribution in [-0.4, -0.2) is 15.3 Å². The molecule has 5 nitrogen and oxygen atoms in total. The van der Waals surface area contributed by atoms with Crippen molar-refractivity contribution in [1.82, 2.24) is 0 Å². The van der Waals surface area contributed by atoms with Crippen molar-refractivity contribution < 1.29 is 15.3 Å². The van der Waals surface area contributed by atoms with Crippen LogP contribution in [0.4, 0.5) is 5.69 Å². The van der Waals surface area contributed by atoms with Crippen molar-refractivity contribution in [2.45, 2.75) is 0 Å². The normalized spacial score (nSPS) is 10.4. The van der Waals surface area contributed by atoms with Crippen molar-refractivity contribution >= 4 is 5.69 Å². The molecule has 0 radical (unpaired) electrons. The number of aromatic hydroxyl groups is 3. The molecule has 0 bridgehead atoms. The predicted molar refractivity (Wildman–Crippen MR) is 87.8 cm³/mol. The SMILES string of the molecule is O=Nc1cccc(-c2ccccc2-c2cccc(O)c2O)c1O. The molecule has 0 aliphatic carbocycles. The quantitative estimate of drug-likeness (QED) is 0.489. The predicted octanol–water partition coefficient (Wildman–Crippen LogP) is 4.54. The molecular weight excluding hydrogens is 294 g/mol. The summed E-state index contributed by atoms with van der Waals surface area (Å²) in [6.45, 7) is 0. The van der Waals surface area contributed by atoms with E-state index in [0.29, 0.717) is 22.3 Å². The minimum absolute atomic E-state index is 0.0579. The highest BCUT2D eigenvalue weighted by molar-refractivity contribution is 5.90. The van der Waals surface area contributed by atoms with Gasteiger partial charge in [-0.15, -0.1) is 4.91 Å². The number of phenols is 3. The molecule has 0 unspecified atom stereocenters. The number of nitroso groups, excluding NO2 is 1. The van der Waals surface area contributed by atoms with Gasteiger partial charge in [0.05, 0.1) is 0 Å². The van der Waals surface area contributed by atoms with Crippen LogP contribution in [0.5, 0.6) is 17.2 Å². The van der Waals surface area contributed by atoms with E-state index < -0.39 is 0 Å². The number of benzene rings is 3. The minimum Gasteiger partial charge on any atom is -0.505 e. The summed E-state index contributed by atoms with van der Waals surface area (Å²) in [5, 5.41) is 32.8. The maximum atomic E-state index is 10.8. The molecule has 3 N–H and O–H groups in total.